The molecule has 0 atom stereocenters. The number of amides is 2. The molecule has 6 heteroatoms. The first kappa shape index (κ1) is 18.3. The van der Waals surface area contributed by atoms with Crippen LogP contribution in [0.3, 0.4) is 0 Å². The van der Waals surface area contributed by atoms with Crippen molar-refractivity contribution < 1.29 is 19.4 Å². The zero-order valence-electron chi connectivity index (χ0n) is 15.7. The lowest BCUT2D eigenvalue weighted by Gasteiger charge is -2.33. The van der Waals surface area contributed by atoms with E-state index >= 15 is 0 Å². The van der Waals surface area contributed by atoms with Crippen LogP contribution in [0, 0.1) is 0 Å². The number of anilines is 1. The van der Waals surface area contributed by atoms with E-state index in [1.807, 2.05) is 41.3 Å². The van der Waals surface area contributed by atoms with Gasteiger partial charge in [-0.25, -0.2) is 0 Å². The Morgan fingerprint density at radius 2 is 1.79 bits per heavy atom. The number of carbonyl (C=O) groups excluding carboxylic acids is 2. The zero-order chi connectivity index (χ0) is 19.5. The Bertz CT molecular complexity index is 857. The van der Waals surface area contributed by atoms with Gasteiger partial charge >= 0.3 is 0 Å². The van der Waals surface area contributed by atoms with Gasteiger partial charge in [0.15, 0.2) is 6.61 Å². The molecule has 0 aliphatic carbocycles. The summed E-state index contributed by atoms with van der Waals surface area (Å²) in [5.74, 6) is 1.34. The molecule has 146 valence electrons. The number of nitrogens with zero attached hydrogens (tertiary/aromatic N) is 2. The Labute approximate surface area is 164 Å². The van der Waals surface area contributed by atoms with E-state index in [2.05, 4.69) is 0 Å². The normalized spacial score (nSPS) is 17.2. The largest absolute Gasteiger partial charge is 0.508 e. The summed E-state index contributed by atoms with van der Waals surface area (Å²) in [4.78, 5) is 28.4. The highest BCUT2D eigenvalue weighted by Crippen LogP contribution is 2.32. The highest BCUT2D eigenvalue weighted by atomic mass is 16.5. The third-order valence-electron chi connectivity index (χ3n) is 5.57. The number of phenols is 1. The van der Waals surface area contributed by atoms with Crippen LogP contribution >= 0.6 is 0 Å². The third-order valence-corrected chi connectivity index (χ3v) is 5.57. The molecule has 0 bridgehead atoms. The SMILES string of the molecule is O=C(CCN1C(=O)COc2ccccc21)N1CCC(c2ccc(O)cc2)CC1. The molecule has 4 rings (SSSR count). The number of fused-ring (bicyclic) bond motifs is 1. The second kappa shape index (κ2) is 7.92. The summed E-state index contributed by atoms with van der Waals surface area (Å²) in [6.45, 7) is 1.83. The molecule has 2 aromatic carbocycles. The summed E-state index contributed by atoms with van der Waals surface area (Å²) in [7, 11) is 0. The summed E-state index contributed by atoms with van der Waals surface area (Å²) in [5, 5.41) is 9.43. The van der Waals surface area contributed by atoms with E-state index < -0.39 is 0 Å². The Balaban J connectivity index is 1.32. The van der Waals surface area contributed by atoms with Crippen LogP contribution in [-0.4, -0.2) is 48.1 Å². The zero-order valence-corrected chi connectivity index (χ0v) is 15.7. The molecule has 1 saturated heterocycles. The lowest BCUT2D eigenvalue weighted by molar-refractivity contribution is -0.132. The monoisotopic (exact) mass is 380 g/mol. The maximum absolute atomic E-state index is 12.7. The summed E-state index contributed by atoms with van der Waals surface area (Å²) in [6, 6.07) is 14.8. The number of hydrogen-bond acceptors (Lipinski definition) is 4. The van der Waals surface area contributed by atoms with Gasteiger partial charge in [0, 0.05) is 26.1 Å². The highest BCUT2D eigenvalue weighted by molar-refractivity contribution is 5.98. The maximum atomic E-state index is 12.7. The van der Waals surface area contributed by atoms with Crippen LogP contribution in [0.15, 0.2) is 48.5 Å². The van der Waals surface area contributed by atoms with Gasteiger partial charge in [-0.05, 0) is 48.6 Å². The van der Waals surface area contributed by atoms with Crippen molar-refractivity contribution in [2.75, 3.05) is 31.1 Å². The van der Waals surface area contributed by atoms with E-state index in [1.165, 1.54) is 5.56 Å². The van der Waals surface area contributed by atoms with Crippen LogP contribution in [0.1, 0.15) is 30.7 Å². The number of likely N-dealkylation sites (tertiary alicyclic amines) is 1. The van der Waals surface area contributed by atoms with Crippen LogP contribution < -0.4 is 9.64 Å². The molecule has 1 N–H and O–H groups in total. The molecule has 0 unspecified atom stereocenters. The predicted octanol–water partition coefficient (Wildman–Crippen LogP) is 2.91. The van der Waals surface area contributed by atoms with Gasteiger partial charge in [0.05, 0.1) is 5.69 Å². The Morgan fingerprint density at radius 3 is 2.54 bits per heavy atom. The molecule has 0 radical (unpaired) electrons. The molecule has 2 aliphatic heterocycles. The molecular weight excluding hydrogens is 356 g/mol. The van der Waals surface area contributed by atoms with E-state index in [0.717, 1.165) is 31.6 Å². The minimum atomic E-state index is -0.113. The second-order valence-corrected chi connectivity index (χ2v) is 7.30. The van der Waals surface area contributed by atoms with Crippen molar-refractivity contribution in [3.63, 3.8) is 0 Å². The topological polar surface area (TPSA) is 70.1 Å². The van der Waals surface area contributed by atoms with Crippen molar-refractivity contribution in [3.05, 3.63) is 54.1 Å². The fraction of sp³-hybridized carbons (Fsp3) is 0.364. The number of benzene rings is 2. The Hall–Kier alpha value is -3.02. The average Bonchev–Trinajstić information content (AvgIpc) is 2.73. The molecule has 2 amide bonds. The Morgan fingerprint density at radius 1 is 1.07 bits per heavy atom. The van der Waals surface area contributed by atoms with Crippen molar-refractivity contribution in [1.29, 1.82) is 0 Å². The standard InChI is InChI=1S/C22H24N2O4/c25-18-7-5-16(6-8-18)17-9-12-23(13-10-17)21(26)11-14-24-19-3-1-2-4-20(19)28-15-22(24)27/h1-8,17,25H,9-15H2. The van der Waals surface area contributed by atoms with Gasteiger partial charge in [0.1, 0.15) is 11.5 Å². The molecule has 0 saturated carbocycles. The smallest absolute Gasteiger partial charge is 0.265 e. The average molecular weight is 380 g/mol. The molecule has 2 aromatic rings. The van der Waals surface area contributed by atoms with E-state index in [1.54, 1.807) is 17.0 Å². The lowest BCUT2D eigenvalue weighted by Crippen LogP contribution is -2.43. The van der Waals surface area contributed by atoms with Crippen molar-refractivity contribution in [2.45, 2.75) is 25.2 Å². The number of piperidine rings is 1. The highest BCUT2D eigenvalue weighted by Gasteiger charge is 2.28. The third kappa shape index (κ3) is 3.81. The van der Waals surface area contributed by atoms with Crippen LogP contribution in [0.5, 0.6) is 11.5 Å². The fourth-order valence-electron chi connectivity index (χ4n) is 3.97. The van der Waals surface area contributed by atoms with Crippen LogP contribution in [0.4, 0.5) is 5.69 Å². The molecule has 0 spiro atoms. The summed E-state index contributed by atoms with van der Waals surface area (Å²) in [6.07, 6.45) is 2.13. The fourth-order valence-corrected chi connectivity index (χ4v) is 3.97. The summed E-state index contributed by atoms with van der Waals surface area (Å²) >= 11 is 0. The summed E-state index contributed by atoms with van der Waals surface area (Å²) in [5.41, 5.74) is 1.94. The number of ether oxygens (including phenoxy) is 1. The predicted molar refractivity (Wildman–Crippen MR) is 106 cm³/mol. The van der Waals surface area contributed by atoms with Gasteiger partial charge in [-0.2, -0.15) is 0 Å². The number of carbonyl (C=O) groups is 2. The van der Waals surface area contributed by atoms with Crippen molar-refractivity contribution in [2.24, 2.45) is 0 Å². The number of hydrogen-bond donors (Lipinski definition) is 1. The molecular formula is C22H24N2O4. The number of rotatable bonds is 4. The maximum Gasteiger partial charge on any atom is 0.265 e. The van der Waals surface area contributed by atoms with E-state index in [0.29, 0.717) is 24.6 Å². The number of para-hydroxylation sites is 2. The van der Waals surface area contributed by atoms with Crippen molar-refractivity contribution in [3.8, 4) is 11.5 Å². The molecule has 28 heavy (non-hydrogen) atoms. The quantitative estimate of drug-likeness (QED) is 0.885. The van der Waals surface area contributed by atoms with Crippen molar-refractivity contribution >= 4 is 17.5 Å². The first-order chi connectivity index (χ1) is 13.6. The summed E-state index contributed by atoms with van der Waals surface area (Å²) < 4.78 is 5.45. The Kier molecular flexibility index (Phi) is 5.19. The van der Waals surface area contributed by atoms with Crippen LogP contribution in [0.2, 0.25) is 0 Å². The minimum absolute atomic E-state index is 0.0171. The first-order valence-electron chi connectivity index (χ1n) is 9.71. The van der Waals surface area contributed by atoms with Gasteiger partial charge in [0.25, 0.3) is 5.91 Å². The number of phenolic OH excluding ortho intramolecular Hbond substituents is 1. The van der Waals surface area contributed by atoms with Gasteiger partial charge in [-0.15, -0.1) is 0 Å². The van der Waals surface area contributed by atoms with E-state index in [-0.39, 0.29) is 24.2 Å². The van der Waals surface area contributed by atoms with Gasteiger partial charge in [0.2, 0.25) is 5.91 Å². The van der Waals surface area contributed by atoms with Crippen LogP contribution in [0.25, 0.3) is 0 Å². The number of aromatic hydroxyl groups is 1. The van der Waals surface area contributed by atoms with Gasteiger partial charge in [-0.1, -0.05) is 24.3 Å². The molecule has 1 fully saturated rings. The molecule has 0 aromatic heterocycles. The van der Waals surface area contributed by atoms with Crippen molar-refractivity contribution in [1.82, 2.24) is 4.90 Å². The molecule has 6 nitrogen and oxygen atoms in total. The van der Waals surface area contributed by atoms with Gasteiger partial charge in [-0.3, -0.25) is 9.59 Å². The van der Waals surface area contributed by atoms with Gasteiger partial charge < -0.3 is 19.6 Å². The van der Waals surface area contributed by atoms with E-state index in [4.69, 9.17) is 4.74 Å². The minimum Gasteiger partial charge on any atom is -0.508 e. The van der Waals surface area contributed by atoms with E-state index in [9.17, 15) is 14.7 Å². The lowest BCUT2D eigenvalue weighted by atomic mass is 9.89. The molecule has 2 heterocycles. The van der Waals surface area contributed by atoms with Crippen LogP contribution in [-0.2, 0) is 9.59 Å². The molecule has 2 aliphatic rings. The first-order valence-corrected chi connectivity index (χ1v) is 9.71. The second-order valence-electron chi connectivity index (χ2n) is 7.30.